The number of oxime groups is 1. The van der Waals surface area contributed by atoms with E-state index in [0.717, 1.165) is 24.4 Å². The molecule has 0 bridgehead atoms. The number of hydrogen-bond acceptors (Lipinski definition) is 10. The number of morpholine rings is 1. The summed E-state index contributed by atoms with van der Waals surface area (Å²) in [6, 6.07) is -0.885. The summed E-state index contributed by atoms with van der Waals surface area (Å²) in [5.41, 5.74) is 6.48. The first-order valence-corrected chi connectivity index (χ1v) is 12.1. The van der Waals surface area contributed by atoms with E-state index in [9.17, 15) is 19.5 Å². The SMILES string of the molecule is CO/N=C(\C(=O)NC1C(=O)N2C(C(=O)O)=C(C[N+]3(C)CCOCC3)CS[C@@H]12)c1csc(N)n1. The molecule has 1 unspecified atom stereocenters. The Morgan fingerprint density at radius 2 is 2.18 bits per heavy atom. The summed E-state index contributed by atoms with van der Waals surface area (Å²) in [5, 5.41) is 17.6. The zero-order chi connectivity index (χ0) is 23.8. The fourth-order valence-electron chi connectivity index (χ4n) is 4.11. The Hall–Kier alpha value is -2.68. The van der Waals surface area contributed by atoms with Crippen LogP contribution in [0.4, 0.5) is 5.13 Å². The molecule has 1 aromatic heterocycles. The Bertz CT molecular complexity index is 1030. The number of thiazole rings is 1. The van der Waals surface area contributed by atoms with Crippen molar-refractivity contribution in [1.82, 2.24) is 15.2 Å². The van der Waals surface area contributed by atoms with Crippen LogP contribution in [0, 0.1) is 0 Å². The van der Waals surface area contributed by atoms with Crippen molar-refractivity contribution in [2.45, 2.75) is 11.4 Å². The molecule has 12 nitrogen and oxygen atoms in total. The molecular weight excluding hydrogens is 472 g/mol. The number of nitrogen functional groups attached to an aromatic ring is 1. The third-order valence-electron chi connectivity index (χ3n) is 5.82. The number of carbonyl (C=O) groups is 3. The van der Waals surface area contributed by atoms with E-state index in [-0.39, 0.29) is 22.2 Å². The van der Waals surface area contributed by atoms with Crippen LogP contribution in [-0.2, 0) is 24.0 Å². The van der Waals surface area contributed by atoms with Gasteiger partial charge >= 0.3 is 5.97 Å². The first kappa shape index (κ1) is 23.5. The molecule has 2 amide bonds. The maximum absolute atomic E-state index is 13.0. The van der Waals surface area contributed by atoms with Crippen LogP contribution in [0.2, 0.25) is 0 Å². The number of carboxylic acids is 1. The lowest BCUT2D eigenvalue weighted by Gasteiger charge is -2.50. The third-order valence-corrected chi connectivity index (χ3v) is 7.84. The minimum atomic E-state index is -1.15. The lowest BCUT2D eigenvalue weighted by atomic mass is 10.0. The predicted octanol–water partition coefficient (Wildman–Crippen LogP) is -0.709. The van der Waals surface area contributed by atoms with Gasteiger partial charge in [0.1, 0.15) is 49.6 Å². The summed E-state index contributed by atoms with van der Waals surface area (Å²) >= 11 is 2.57. The van der Waals surface area contributed by atoms with Crippen LogP contribution in [-0.4, -0.2) is 107 Å². The fraction of sp³-hybridized carbons (Fsp3) is 0.526. The van der Waals surface area contributed by atoms with Crippen molar-refractivity contribution in [3.63, 3.8) is 0 Å². The van der Waals surface area contributed by atoms with Gasteiger partial charge in [-0.05, 0) is 0 Å². The standard InChI is InChI=1S/C19H24N6O6S2/c1-25(3-5-31-6-4-25)7-10-8-32-17-13(16(27)24(17)14(10)18(28)29)22-15(26)12(23-30-2)11-9-33-19(20)21-11/h9,13,17H,3-8H2,1-2H3,(H3-,20,21,22,26,28,29)/p+1/b23-12-/t13?,17-/m0/s1. The molecule has 4 heterocycles. The maximum Gasteiger partial charge on any atom is 0.352 e. The van der Waals surface area contributed by atoms with E-state index >= 15 is 0 Å². The lowest BCUT2D eigenvalue weighted by molar-refractivity contribution is -0.912. The van der Waals surface area contributed by atoms with E-state index < -0.39 is 29.2 Å². The van der Waals surface area contributed by atoms with Crippen LogP contribution in [0.5, 0.6) is 0 Å². The molecule has 2 fully saturated rings. The van der Waals surface area contributed by atoms with Gasteiger partial charge in [0.2, 0.25) is 0 Å². The second-order valence-electron chi connectivity index (χ2n) is 8.15. The summed E-state index contributed by atoms with van der Waals surface area (Å²) in [6.07, 6.45) is 0. The van der Waals surface area contributed by atoms with Crippen molar-refractivity contribution in [2.75, 3.05) is 58.5 Å². The molecule has 14 heteroatoms. The van der Waals surface area contributed by atoms with E-state index in [1.54, 1.807) is 5.38 Å². The molecule has 0 saturated carbocycles. The van der Waals surface area contributed by atoms with Crippen molar-refractivity contribution in [2.24, 2.45) is 5.16 Å². The summed E-state index contributed by atoms with van der Waals surface area (Å²) in [5.74, 6) is -1.82. The van der Waals surface area contributed by atoms with Gasteiger partial charge in [-0.2, -0.15) is 0 Å². The molecule has 3 aliphatic rings. The molecule has 1 aromatic rings. The minimum Gasteiger partial charge on any atom is -0.477 e. The van der Waals surface area contributed by atoms with Crippen molar-refractivity contribution >= 4 is 51.7 Å². The lowest BCUT2D eigenvalue weighted by Crippen LogP contribution is -2.71. The van der Waals surface area contributed by atoms with Gasteiger partial charge in [-0.3, -0.25) is 14.5 Å². The summed E-state index contributed by atoms with van der Waals surface area (Å²) < 4.78 is 6.09. The Kier molecular flexibility index (Phi) is 6.61. The zero-order valence-corrected chi connectivity index (χ0v) is 19.8. The molecule has 2 atom stereocenters. The van der Waals surface area contributed by atoms with Gasteiger partial charge in [0.25, 0.3) is 11.8 Å². The topological polar surface area (TPSA) is 156 Å². The van der Waals surface area contributed by atoms with Crippen LogP contribution in [0.15, 0.2) is 21.8 Å². The number of aromatic nitrogens is 1. The van der Waals surface area contributed by atoms with Crippen molar-refractivity contribution < 1.29 is 33.5 Å². The molecular formula is C19H25N6O6S2+. The van der Waals surface area contributed by atoms with Crippen LogP contribution in [0.25, 0.3) is 0 Å². The highest BCUT2D eigenvalue weighted by molar-refractivity contribution is 8.00. The second-order valence-corrected chi connectivity index (χ2v) is 10.1. The number of thioether (sulfide) groups is 1. The number of nitrogens with two attached hydrogens (primary N) is 1. The fourth-order valence-corrected chi connectivity index (χ4v) is 5.99. The number of rotatable bonds is 7. The number of carboxylic acid groups (broad SMARTS) is 1. The van der Waals surface area contributed by atoms with Gasteiger partial charge in [0, 0.05) is 16.7 Å². The number of quaternary nitrogens is 1. The van der Waals surface area contributed by atoms with E-state index in [1.807, 2.05) is 0 Å². The van der Waals surface area contributed by atoms with E-state index in [2.05, 4.69) is 22.5 Å². The van der Waals surface area contributed by atoms with Gasteiger partial charge in [0.15, 0.2) is 10.8 Å². The number of nitrogens with one attached hydrogen (secondary N) is 1. The van der Waals surface area contributed by atoms with Crippen LogP contribution in [0.1, 0.15) is 5.69 Å². The maximum atomic E-state index is 13.0. The van der Waals surface area contributed by atoms with E-state index in [1.165, 1.54) is 23.8 Å². The molecule has 0 aliphatic carbocycles. The highest BCUT2D eigenvalue weighted by Gasteiger charge is 2.55. The van der Waals surface area contributed by atoms with Gasteiger partial charge < -0.3 is 30.2 Å². The van der Waals surface area contributed by atoms with Crippen LogP contribution < -0.4 is 11.1 Å². The minimum absolute atomic E-state index is 0.0122. The number of fused-ring (bicyclic) bond motifs is 1. The number of likely N-dealkylation sites (N-methyl/N-ethyl adjacent to an activating group) is 1. The molecule has 178 valence electrons. The van der Waals surface area contributed by atoms with Crippen molar-refractivity contribution in [1.29, 1.82) is 0 Å². The number of ether oxygens (including phenoxy) is 1. The number of carbonyl (C=O) groups excluding carboxylic acids is 2. The summed E-state index contributed by atoms with van der Waals surface area (Å²) in [4.78, 5) is 48.0. The van der Waals surface area contributed by atoms with Gasteiger partial charge in [-0.15, -0.1) is 23.1 Å². The average molecular weight is 498 g/mol. The quantitative estimate of drug-likeness (QED) is 0.192. The van der Waals surface area contributed by atoms with E-state index in [0.29, 0.717) is 35.6 Å². The Balaban J connectivity index is 1.51. The number of β-lactam (4-membered cyclic amide) rings is 1. The Morgan fingerprint density at radius 3 is 2.79 bits per heavy atom. The number of aliphatic carboxylic acids is 1. The zero-order valence-electron chi connectivity index (χ0n) is 18.1. The largest absolute Gasteiger partial charge is 0.477 e. The molecule has 4 N–H and O–H groups in total. The molecule has 33 heavy (non-hydrogen) atoms. The average Bonchev–Trinajstić information content (AvgIpc) is 3.21. The molecule has 3 aliphatic heterocycles. The summed E-state index contributed by atoms with van der Waals surface area (Å²) in [6.45, 7) is 3.32. The van der Waals surface area contributed by atoms with Crippen molar-refractivity contribution in [3.8, 4) is 0 Å². The smallest absolute Gasteiger partial charge is 0.352 e. The monoisotopic (exact) mass is 497 g/mol. The summed E-state index contributed by atoms with van der Waals surface area (Å²) in [7, 11) is 3.35. The van der Waals surface area contributed by atoms with Gasteiger partial charge in [-0.25, -0.2) is 9.78 Å². The first-order chi connectivity index (χ1) is 15.7. The highest BCUT2D eigenvalue weighted by atomic mass is 32.2. The Labute approximate surface area is 198 Å². The van der Waals surface area contributed by atoms with Crippen molar-refractivity contribution in [3.05, 3.63) is 22.3 Å². The molecule has 0 radical (unpaired) electrons. The number of hydrogen-bond donors (Lipinski definition) is 3. The molecule has 4 rings (SSSR count). The Morgan fingerprint density at radius 1 is 1.45 bits per heavy atom. The van der Waals surface area contributed by atoms with Crippen LogP contribution in [0.3, 0.4) is 0 Å². The van der Waals surface area contributed by atoms with Gasteiger partial charge in [-0.1, -0.05) is 5.16 Å². The highest BCUT2D eigenvalue weighted by Crippen LogP contribution is 2.41. The van der Waals surface area contributed by atoms with Crippen LogP contribution >= 0.6 is 23.1 Å². The predicted molar refractivity (Wildman–Crippen MR) is 121 cm³/mol. The molecule has 2 saturated heterocycles. The third kappa shape index (κ3) is 4.55. The van der Waals surface area contributed by atoms with Gasteiger partial charge in [0.05, 0.1) is 20.3 Å². The number of amides is 2. The molecule has 0 spiro atoms. The number of nitrogens with zero attached hydrogens (tertiary/aromatic N) is 4. The first-order valence-electron chi connectivity index (χ1n) is 10.2. The second kappa shape index (κ2) is 9.29. The number of anilines is 1. The molecule has 0 aromatic carbocycles. The van der Waals surface area contributed by atoms with E-state index in [4.69, 9.17) is 15.3 Å². The normalized spacial score (nSPS) is 24.7.